The van der Waals surface area contributed by atoms with Crippen molar-refractivity contribution in [2.24, 2.45) is 0 Å². The monoisotopic (exact) mass is 276 g/mol. The number of halogens is 1. The highest BCUT2D eigenvalue weighted by molar-refractivity contribution is 6.33. The molecule has 0 unspecified atom stereocenters. The van der Waals surface area contributed by atoms with Crippen LogP contribution in [0.25, 0.3) is 0 Å². The van der Waals surface area contributed by atoms with Gasteiger partial charge in [0.2, 0.25) is 0 Å². The average Bonchev–Trinajstić information content (AvgIpc) is 2.37. The lowest BCUT2D eigenvalue weighted by Gasteiger charge is -2.09. The lowest BCUT2D eigenvalue weighted by atomic mass is 10.1. The number of phenols is 1. The standard InChI is InChI=1S/C14H13ClN2O2/c1-8-2-5-13(18)12(6-8)17-14(19)9-3-4-10(15)11(16)7-9/h2-7,18H,16H2,1H3,(H,17,19). The van der Waals surface area contributed by atoms with Gasteiger partial charge < -0.3 is 16.2 Å². The summed E-state index contributed by atoms with van der Waals surface area (Å²) >= 11 is 5.79. The molecule has 0 radical (unpaired) electrons. The van der Waals surface area contributed by atoms with Gasteiger partial charge in [0.05, 0.1) is 16.4 Å². The van der Waals surface area contributed by atoms with Gasteiger partial charge in [-0.2, -0.15) is 0 Å². The number of anilines is 2. The van der Waals surface area contributed by atoms with Crippen molar-refractivity contribution in [1.29, 1.82) is 0 Å². The number of hydrogen-bond acceptors (Lipinski definition) is 3. The van der Waals surface area contributed by atoms with Gasteiger partial charge in [0.25, 0.3) is 5.91 Å². The van der Waals surface area contributed by atoms with Crippen LogP contribution in [0.1, 0.15) is 15.9 Å². The SMILES string of the molecule is Cc1ccc(O)c(NC(=O)c2ccc(Cl)c(N)c2)c1. The maximum absolute atomic E-state index is 12.0. The molecular formula is C14H13ClN2O2. The lowest BCUT2D eigenvalue weighted by Crippen LogP contribution is -2.12. The molecule has 2 aromatic rings. The molecule has 0 aliphatic rings. The smallest absolute Gasteiger partial charge is 0.255 e. The first-order valence-electron chi connectivity index (χ1n) is 5.63. The van der Waals surface area contributed by atoms with E-state index in [1.165, 1.54) is 12.1 Å². The quantitative estimate of drug-likeness (QED) is 0.582. The molecule has 0 fully saturated rings. The third-order valence-corrected chi connectivity index (χ3v) is 3.00. The average molecular weight is 277 g/mol. The summed E-state index contributed by atoms with van der Waals surface area (Å²) in [5.74, 6) is -0.342. The molecule has 0 aromatic heterocycles. The van der Waals surface area contributed by atoms with E-state index in [2.05, 4.69) is 5.32 Å². The molecule has 0 bridgehead atoms. The number of amides is 1. The molecule has 0 aliphatic carbocycles. The number of nitrogens with two attached hydrogens (primary N) is 1. The van der Waals surface area contributed by atoms with Gasteiger partial charge in [-0.3, -0.25) is 4.79 Å². The van der Waals surface area contributed by atoms with Crippen molar-refractivity contribution < 1.29 is 9.90 Å². The first kappa shape index (κ1) is 13.2. The van der Waals surface area contributed by atoms with E-state index in [0.29, 0.717) is 22.0 Å². The fourth-order valence-electron chi connectivity index (χ4n) is 1.63. The second-order valence-corrected chi connectivity index (χ2v) is 4.62. The Bertz CT molecular complexity index is 641. The Morgan fingerprint density at radius 2 is 2.00 bits per heavy atom. The van der Waals surface area contributed by atoms with E-state index in [0.717, 1.165) is 5.56 Å². The van der Waals surface area contributed by atoms with E-state index >= 15 is 0 Å². The van der Waals surface area contributed by atoms with Crippen LogP contribution in [0.2, 0.25) is 5.02 Å². The van der Waals surface area contributed by atoms with Gasteiger partial charge in [-0.25, -0.2) is 0 Å². The Hall–Kier alpha value is -2.20. The molecule has 5 heteroatoms. The zero-order valence-electron chi connectivity index (χ0n) is 10.3. The second kappa shape index (κ2) is 5.20. The number of phenolic OH excluding ortho intramolecular Hbond substituents is 1. The fourth-order valence-corrected chi connectivity index (χ4v) is 1.75. The molecule has 0 saturated heterocycles. The van der Waals surface area contributed by atoms with Gasteiger partial charge in [0.15, 0.2) is 0 Å². The third kappa shape index (κ3) is 2.98. The van der Waals surface area contributed by atoms with Gasteiger partial charge in [-0.15, -0.1) is 0 Å². The van der Waals surface area contributed by atoms with Crippen molar-refractivity contribution in [3.05, 3.63) is 52.5 Å². The number of carbonyl (C=O) groups is 1. The van der Waals surface area contributed by atoms with Gasteiger partial charge >= 0.3 is 0 Å². The van der Waals surface area contributed by atoms with Gasteiger partial charge in [-0.1, -0.05) is 17.7 Å². The van der Waals surface area contributed by atoms with Crippen LogP contribution in [-0.4, -0.2) is 11.0 Å². The van der Waals surface area contributed by atoms with Crippen molar-refractivity contribution >= 4 is 28.9 Å². The van der Waals surface area contributed by atoms with Crippen molar-refractivity contribution in [1.82, 2.24) is 0 Å². The summed E-state index contributed by atoms with van der Waals surface area (Å²) in [4.78, 5) is 12.0. The Morgan fingerprint density at radius 1 is 1.26 bits per heavy atom. The van der Waals surface area contributed by atoms with Crippen molar-refractivity contribution in [3.63, 3.8) is 0 Å². The Labute approximate surface area is 115 Å². The number of nitrogen functional groups attached to an aromatic ring is 1. The Morgan fingerprint density at radius 3 is 2.68 bits per heavy atom. The molecule has 4 nitrogen and oxygen atoms in total. The summed E-state index contributed by atoms with van der Waals surface area (Å²) in [6, 6.07) is 9.59. The van der Waals surface area contributed by atoms with Crippen LogP contribution < -0.4 is 11.1 Å². The zero-order chi connectivity index (χ0) is 14.0. The fraction of sp³-hybridized carbons (Fsp3) is 0.0714. The molecule has 98 valence electrons. The van der Waals surface area contributed by atoms with E-state index in [1.807, 2.05) is 6.92 Å². The minimum absolute atomic E-state index is 0.0147. The second-order valence-electron chi connectivity index (χ2n) is 4.21. The number of aromatic hydroxyl groups is 1. The molecule has 0 heterocycles. The summed E-state index contributed by atoms with van der Waals surface area (Å²) in [5.41, 5.74) is 7.65. The molecular weight excluding hydrogens is 264 g/mol. The largest absolute Gasteiger partial charge is 0.506 e. The number of benzene rings is 2. The predicted molar refractivity (Wildman–Crippen MR) is 76.7 cm³/mol. The van der Waals surface area contributed by atoms with Gasteiger partial charge in [0, 0.05) is 5.56 Å². The molecule has 0 spiro atoms. The predicted octanol–water partition coefficient (Wildman–Crippen LogP) is 3.19. The lowest BCUT2D eigenvalue weighted by molar-refractivity contribution is 0.102. The minimum atomic E-state index is -0.357. The van der Waals surface area contributed by atoms with Crippen LogP contribution >= 0.6 is 11.6 Å². The first-order chi connectivity index (χ1) is 8.97. The zero-order valence-corrected chi connectivity index (χ0v) is 11.0. The molecule has 1 amide bonds. The van der Waals surface area contributed by atoms with Crippen LogP contribution in [0.4, 0.5) is 11.4 Å². The molecule has 0 atom stereocenters. The normalized spacial score (nSPS) is 10.2. The van der Waals surface area contributed by atoms with Crippen molar-refractivity contribution in [2.45, 2.75) is 6.92 Å². The summed E-state index contributed by atoms with van der Waals surface area (Å²) in [5, 5.41) is 12.7. The Kier molecular flexibility index (Phi) is 3.62. The van der Waals surface area contributed by atoms with Crippen molar-refractivity contribution in [3.8, 4) is 5.75 Å². The minimum Gasteiger partial charge on any atom is -0.506 e. The number of aryl methyl sites for hydroxylation is 1. The molecule has 2 rings (SSSR count). The molecule has 0 saturated carbocycles. The van der Waals surface area contributed by atoms with Gasteiger partial charge in [0.1, 0.15) is 5.75 Å². The van der Waals surface area contributed by atoms with E-state index in [1.54, 1.807) is 24.3 Å². The Balaban J connectivity index is 2.25. The van der Waals surface area contributed by atoms with Crippen molar-refractivity contribution in [2.75, 3.05) is 11.1 Å². The summed E-state index contributed by atoms with van der Waals surface area (Å²) in [6.07, 6.45) is 0. The molecule has 19 heavy (non-hydrogen) atoms. The molecule has 4 N–H and O–H groups in total. The number of nitrogens with one attached hydrogen (secondary N) is 1. The number of carbonyl (C=O) groups excluding carboxylic acids is 1. The third-order valence-electron chi connectivity index (χ3n) is 2.66. The van der Waals surface area contributed by atoms with E-state index in [-0.39, 0.29) is 11.7 Å². The van der Waals surface area contributed by atoms with Gasteiger partial charge in [-0.05, 0) is 42.8 Å². The highest BCUT2D eigenvalue weighted by Gasteiger charge is 2.10. The van der Waals surface area contributed by atoms with Crippen LogP contribution in [0.3, 0.4) is 0 Å². The van der Waals surface area contributed by atoms with Crippen LogP contribution in [0.15, 0.2) is 36.4 Å². The van der Waals surface area contributed by atoms with E-state index in [4.69, 9.17) is 17.3 Å². The van der Waals surface area contributed by atoms with E-state index < -0.39 is 0 Å². The highest BCUT2D eigenvalue weighted by atomic mass is 35.5. The molecule has 0 aliphatic heterocycles. The molecule has 2 aromatic carbocycles. The maximum atomic E-state index is 12.0. The maximum Gasteiger partial charge on any atom is 0.255 e. The number of hydrogen-bond donors (Lipinski definition) is 3. The summed E-state index contributed by atoms with van der Waals surface area (Å²) in [7, 11) is 0. The number of rotatable bonds is 2. The summed E-state index contributed by atoms with van der Waals surface area (Å²) in [6.45, 7) is 1.87. The first-order valence-corrected chi connectivity index (χ1v) is 6.01. The highest BCUT2D eigenvalue weighted by Crippen LogP contribution is 2.25. The van der Waals surface area contributed by atoms with E-state index in [9.17, 15) is 9.90 Å². The van der Waals surface area contributed by atoms with Crippen LogP contribution in [0.5, 0.6) is 5.75 Å². The topological polar surface area (TPSA) is 75.3 Å². The van der Waals surface area contributed by atoms with Crippen LogP contribution in [-0.2, 0) is 0 Å². The van der Waals surface area contributed by atoms with Crippen LogP contribution in [0, 0.1) is 6.92 Å². The summed E-state index contributed by atoms with van der Waals surface area (Å²) < 4.78 is 0.